The molecule has 19 heavy (non-hydrogen) atoms. The molecule has 1 unspecified atom stereocenters. The van der Waals surface area contributed by atoms with E-state index in [9.17, 15) is 4.79 Å². The molecular formula is C15H20N2O2. The van der Waals surface area contributed by atoms with Crippen LogP contribution in [0.1, 0.15) is 34.3 Å². The monoisotopic (exact) mass is 260 g/mol. The van der Waals surface area contributed by atoms with Crippen molar-refractivity contribution in [3.05, 3.63) is 34.9 Å². The lowest BCUT2D eigenvalue weighted by Gasteiger charge is -2.18. The summed E-state index contributed by atoms with van der Waals surface area (Å²) in [5, 5.41) is 6.30. The molecule has 2 heterocycles. The Morgan fingerprint density at radius 1 is 1.42 bits per heavy atom. The molecule has 1 aromatic rings. The second-order valence-corrected chi connectivity index (χ2v) is 5.26. The van der Waals surface area contributed by atoms with Gasteiger partial charge in [-0.05, 0) is 49.1 Å². The Bertz CT molecular complexity index is 467. The third kappa shape index (κ3) is 2.96. The van der Waals surface area contributed by atoms with E-state index in [2.05, 4.69) is 16.7 Å². The number of rotatable bonds is 3. The number of fused-ring (bicyclic) bond motifs is 1. The van der Waals surface area contributed by atoms with Gasteiger partial charge < -0.3 is 15.4 Å². The van der Waals surface area contributed by atoms with Crippen LogP contribution < -0.4 is 10.6 Å². The van der Waals surface area contributed by atoms with Gasteiger partial charge in [-0.1, -0.05) is 6.07 Å². The molecule has 0 bridgehead atoms. The van der Waals surface area contributed by atoms with Gasteiger partial charge in [0.1, 0.15) is 0 Å². The molecule has 102 valence electrons. The molecule has 4 nitrogen and oxygen atoms in total. The fourth-order valence-corrected chi connectivity index (χ4v) is 2.74. The van der Waals surface area contributed by atoms with Crippen molar-refractivity contribution in [2.24, 2.45) is 0 Å². The number of nitrogens with one attached hydrogen (secondary N) is 2. The quantitative estimate of drug-likeness (QED) is 0.859. The van der Waals surface area contributed by atoms with Crippen LogP contribution in [-0.2, 0) is 17.7 Å². The highest BCUT2D eigenvalue weighted by Crippen LogP contribution is 2.16. The molecule has 0 aliphatic carbocycles. The number of carbonyl (C=O) groups excluding carboxylic acids is 1. The van der Waals surface area contributed by atoms with Crippen LogP contribution in [0.4, 0.5) is 0 Å². The summed E-state index contributed by atoms with van der Waals surface area (Å²) in [7, 11) is 0. The lowest BCUT2D eigenvalue weighted by molar-refractivity contribution is 0.0857. The van der Waals surface area contributed by atoms with E-state index < -0.39 is 0 Å². The Morgan fingerprint density at radius 3 is 3.21 bits per heavy atom. The van der Waals surface area contributed by atoms with Gasteiger partial charge in [0.25, 0.3) is 5.91 Å². The fraction of sp³-hybridized carbons (Fsp3) is 0.533. The normalized spacial score (nSPS) is 22.0. The number of ether oxygens (including phenoxy) is 1. The molecular weight excluding hydrogens is 240 g/mol. The topological polar surface area (TPSA) is 50.4 Å². The zero-order valence-electron chi connectivity index (χ0n) is 11.1. The fourth-order valence-electron chi connectivity index (χ4n) is 2.74. The maximum absolute atomic E-state index is 12.1. The van der Waals surface area contributed by atoms with Crippen LogP contribution in [0.25, 0.3) is 0 Å². The van der Waals surface area contributed by atoms with E-state index in [0.717, 1.165) is 44.5 Å². The van der Waals surface area contributed by atoms with Crippen molar-refractivity contribution in [2.45, 2.75) is 31.9 Å². The second-order valence-electron chi connectivity index (χ2n) is 5.26. The van der Waals surface area contributed by atoms with Crippen molar-refractivity contribution in [2.75, 3.05) is 19.7 Å². The summed E-state index contributed by atoms with van der Waals surface area (Å²) in [5.74, 6) is 0.00359. The first-order valence-corrected chi connectivity index (χ1v) is 7.05. The summed E-state index contributed by atoms with van der Waals surface area (Å²) in [6.45, 7) is 3.33. The van der Waals surface area contributed by atoms with Crippen LogP contribution in [0, 0.1) is 0 Å². The Labute approximate surface area is 113 Å². The first-order valence-electron chi connectivity index (χ1n) is 7.05. The summed E-state index contributed by atoms with van der Waals surface area (Å²) in [6.07, 6.45) is 3.40. The van der Waals surface area contributed by atoms with Gasteiger partial charge in [-0.2, -0.15) is 0 Å². The van der Waals surface area contributed by atoms with E-state index >= 15 is 0 Å². The minimum atomic E-state index is 0.00359. The number of hydrogen-bond donors (Lipinski definition) is 2. The first-order chi connectivity index (χ1) is 9.33. The number of amides is 1. The van der Waals surface area contributed by atoms with Crippen LogP contribution in [0.2, 0.25) is 0 Å². The predicted molar refractivity (Wildman–Crippen MR) is 73.2 cm³/mol. The van der Waals surface area contributed by atoms with Gasteiger partial charge in [0.15, 0.2) is 0 Å². The third-order valence-corrected chi connectivity index (χ3v) is 3.87. The molecule has 2 N–H and O–H groups in total. The molecule has 3 rings (SSSR count). The van der Waals surface area contributed by atoms with E-state index in [0.29, 0.717) is 6.54 Å². The molecule has 1 saturated heterocycles. The zero-order chi connectivity index (χ0) is 13.1. The Morgan fingerprint density at radius 2 is 2.37 bits per heavy atom. The van der Waals surface area contributed by atoms with Gasteiger partial charge in [0.05, 0.1) is 6.10 Å². The molecule has 1 aromatic carbocycles. The SMILES string of the molecule is O=C(NCC1CCCO1)c1ccc2c(c1)CNCC2. The van der Waals surface area contributed by atoms with Crippen molar-refractivity contribution in [1.82, 2.24) is 10.6 Å². The van der Waals surface area contributed by atoms with E-state index in [4.69, 9.17) is 4.74 Å². The number of benzene rings is 1. The average Bonchev–Trinajstić information content (AvgIpc) is 2.97. The number of carbonyl (C=O) groups is 1. The molecule has 0 spiro atoms. The van der Waals surface area contributed by atoms with Crippen LogP contribution in [0.15, 0.2) is 18.2 Å². The summed E-state index contributed by atoms with van der Waals surface area (Å²) in [4.78, 5) is 12.1. The largest absolute Gasteiger partial charge is 0.376 e. The van der Waals surface area contributed by atoms with E-state index in [1.807, 2.05) is 12.1 Å². The van der Waals surface area contributed by atoms with Gasteiger partial charge in [-0.3, -0.25) is 4.79 Å². The first kappa shape index (κ1) is 12.6. The summed E-state index contributed by atoms with van der Waals surface area (Å²) < 4.78 is 5.51. The predicted octanol–water partition coefficient (Wildman–Crippen LogP) is 1.24. The maximum Gasteiger partial charge on any atom is 0.251 e. The molecule has 1 amide bonds. The van der Waals surface area contributed by atoms with E-state index in [1.165, 1.54) is 11.1 Å². The van der Waals surface area contributed by atoms with Crippen molar-refractivity contribution in [1.29, 1.82) is 0 Å². The Hall–Kier alpha value is -1.39. The molecule has 0 radical (unpaired) electrons. The van der Waals surface area contributed by atoms with Gasteiger partial charge >= 0.3 is 0 Å². The number of hydrogen-bond acceptors (Lipinski definition) is 3. The van der Waals surface area contributed by atoms with Gasteiger partial charge in [-0.25, -0.2) is 0 Å². The minimum Gasteiger partial charge on any atom is -0.376 e. The molecule has 0 aromatic heterocycles. The zero-order valence-corrected chi connectivity index (χ0v) is 11.1. The van der Waals surface area contributed by atoms with Crippen molar-refractivity contribution in [3.8, 4) is 0 Å². The summed E-state index contributed by atoms with van der Waals surface area (Å²) >= 11 is 0. The van der Waals surface area contributed by atoms with Crippen LogP contribution in [0.5, 0.6) is 0 Å². The van der Waals surface area contributed by atoms with E-state index in [-0.39, 0.29) is 12.0 Å². The highest BCUT2D eigenvalue weighted by Gasteiger charge is 2.17. The minimum absolute atomic E-state index is 0.00359. The Kier molecular flexibility index (Phi) is 3.80. The van der Waals surface area contributed by atoms with Crippen LogP contribution in [0.3, 0.4) is 0 Å². The lowest BCUT2D eigenvalue weighted by Crippen LogP contribution is -2.32. The average molecular weight is 260 g/mol. The molecule has 4 heteroatoms. The Balaban J connectivity index is 1.62. The van der Waals surface area contributed by atoms with Crippen molar-refractivity contribution >= 4 is 5.91 Å². The lowest BCUT2D eigenvalue weighted by atomic mass is 9.98. The van der Waals surface area contributed by atoms with Gasteiger partial charge in [-0.15, -0.1) is 0 Å². The van der Waals surface area contributed by atoms with E-state index in [1.54, 1.807) is 0 Å². The van der Waals surface area contributed by atoms with Crippen molar-refractivity contribution < 1.29 is 9.53 Å². The van der Waals surface area contributed by atoms with Crippen LogP contribution >= 0.6 is 0 Å². The maximum atomic E-state index is 12.1. The van der Waals surface area contributed by atoms with Crippen molar-refractivity contribution in [3.63, 3.8) is 0 Å². The van der Waals surface area contributed by atoms with Crippen LogP contribution in [-0.4, -0.2) is 31.7 Å². The molecule has 0 saturated carbocycles. The highest BCUT2D eigenvalue weighted by atomic mass is 16.5. The highest BCUT2D eigenvalue weighted by molar-refractivity contribution is 5.94. The molecule has 2 aliphatic rings. The molecule has 2 aliphatic heterocycles. The molecule has 1 atom stereocenters. The summed E-state index contributed by atoms with van der Waals surface area (Å²) in [5.41, 5.74) is 3.35. The van der Waals surface area contributed by atoms with Gasteiger partial charge in [0.2, 0.25) is 0 Å². The third-order valence-electron chi connectivity index (χ3n) is 3.87. The molecule has 1 fully saturated rings. The smallest absolute Gasteiger partial charge is 0.251 e. The summed E-state index contributed by atoms with van der Waals surface area (Å²) in [6, 6.07) is 6.01. The second kappa shape index (κ2) is 5.72. The van der Waals surface area contributed by atoms with Gasteiger partial charge in [0, 0.05) is 25.3 Å². The standard InChI is InChI=1S/C15H20N2O2/c18-15(17-10-14-2-1-7-19-14)12-4-3-11-5-6-16-9-13(11)8-12/h3-4,8,14,16H,1-2,5-7,9-10H2,(H,17,18).